The minimum absolute atomic E-state index is 0.0990. The summed E-state index contributed by atoms with van der Waals surface area (Å²) < 4.78 is 0. The molecule has 0 spiro atoms. The van der Waals surface area contributed by atoms with Crippen molar-refractivity contribution in [3.8, 4) is 0 Å². The Bertz CT molecular complexity index is 775. The Balaban J connectivity index is 2.59. The molecule has 0 unspecified atom stereocenters. The van der Waals surface area contributed by atoms with Gasteiger partial charge in [0.1, 0.15) is 0 Å². The Morgan fingerprint density at radius 1 is 1.16 bits per heavy atom. The van der Waals surface area contributed by atoms with Crippen LogP contribution in [-0.2, 0) is 0 Å². The molecule has 2 aromatic rings. The van der Waals surface area contributed by atoms with E-state index in [9.17, 15) is 9.59 Å². The average Bonchev–Trinajstić information content (AvgIpc) is 2.63. The van der Waals surface area contributed by atoms with E-state index in [4.69, 9.17) is 11.6 Å². The molecule has 25 heavy (non-hydrogen) atoms. The van der Waals surface area contributed by atoms with Gasteiger partial charge in [-0.05, 0) is 30.2 Å². The molecule has 6 N–H and O–H groups in total. The van der Waals surface area contributed by atoms with Crippen LogP contribution in [0.25, 0.3) is 10.8 Å². The zero-order valence-corrected chi connectivity index (χ0v) is 14.6. The van der Waals surface area contributed by atoms with Crippen LogP contribution < -0.4 is 22.4 Å². The van der Waals surface area contributed by atoms with Crippen molar-refractivity contribution in [2.45, 2.75) is 26.7 Å². The lowest BCUT2D eigenvalue weighted by atomic mass is 9.95. The maximum atomic E-state index is 13.2. The van der Waals surface area contributed by atoms with Gasteiger partial charge in [-0.1, -0.05) is 37.6 Å². The number of fused-ring (bicyclic) bond motifs is 1. The highest BCUT2D eigenvalue weighted by molar-refractivity contribution is 6.18. The Morgan fingerprint density at radius 3 is 2.52 bits per heavy atom. The van der Waals surface area contributed by atoms with E-state index in [1.165, 1.54) is 5.01 Å². The van der Waals surface area contributed by atoms with Gasteiger partial charge in [-0.3, -0.25) is 20.0 Å². The number of carbonyl (C=O) groups excluding carboxylic acids is 2. The Labute approximate surface area is 147 Å². The summed E-state index contributed by atoms with van der Waals surface area (Å²) in [7, 11) is 0. The summed E-state index contributed by atoms with van der Waals surface area (Å²) in [5.41, 5.74) is 11.8. The molecule has 0 aromatic heterocycles. The molecule has 134 valence electrons. The zero-order chi connectivity index (χ0) is 18.4. The number of hydrazine groups is 2. The quantitative estimate of drug-likeness (QED) is 0.201. The third-order valence-electron chi connectivity index (χ3n) is 4.05. The topological polar surface area (TPSA) is 113 Å². The van der Waals surface area contributed by atoms with Crippen LogP contribution in [0.2, 0.25) is 0 Å². The maximum Gasteiger partial charge on any atom is 0.269 e. The van der Waals surface area contributed by atoms with Gasteiger partial charge in [-0.15, -0.1) is 0 Å². The fourth-order valence-corrected chi connectivity index (χ4v) is 2.76. The minimum Gasteiger partial charge on any atom is -0.398 e. The SMILES string of the molecule is CCCCNN(CC)C(=O)c1c(C(=O)NN)c(N)cc2ccccc12. The van der Waals surface area contributed by atoms with Crippen molar-refractivity contribution >= 4 is 28.3 Å². The van der Waals surface area contributed by atoms with E-state index in [-0.39, 0.29) is 22.7 Å². The second-order valence-electron chi connectivity index (χ2n) is 5.72. The number of nitrogens with one attached hydrogen (secondary N) is 2. The number of rotatable bonds is 7. The Kier molecular flexibility index (Phi) is 6.32. The molecule has 0 aliphatic carbocycles. The van der Waals surface area contributed by atoms with Crippen LogP contribution in [0.1, 0.15) is 47.4 Å². The predicted molar refractivity (Wildman–Crippen MR) is 99.6 cm³/mol. The van der Waals surface area contributed by atoms with Crippen LogP contribution in [0.3, 0.4) is 0 Å². The lowest BCUT2D eigenvalue weighted by Crippen LogP contribution is -2.44. The van der Waals surface area contributed by atoms with Gasteiger partial charge in [0, 0.05) is 18.8 Å². The van der Waals surface area contributed by atoms with Crippen LogP contribution in [0.5, 0.6) is 0 Å². The molecule has 2 rings (SSSR count). The summed E-state index contributed by atoms with van der Waals surface area (Å²) in [4.78, 5) is 25.4. The largest absolute Gasteiger partial charge is 0.398 e. The molecule has 0 atom stereocenters. The Hall–Kier alpha value is -2.64. The molecule has 2 aromatic carbocycles. The van der Waals surface area contributed by atoms with E-state index in [0.717, 1.165) is 18.2 Å². The molecule has 0 bridgehead atoms. The van der Waals surface area contributed by atoms with Crippen LogP contribution in [0, 0.1) is 0 Å². The molecule has 7 heteroatoms. The molecular weight excluding hydrogens is 318 g/mol. The molecule has 0 aliphatic rings. The average molecular weight is 343 g/mol. The first kappa shape index (κ1) is 18.7. The molecular formula is C18H25N5O2. The van der Waals surface area contributed by atoms with Crippen LogP contribution in [-0.4, -0.2) is 29.9 Å². The molecule has 0 radical (unpaired) electrons. The predicted octanol–water partition coefficient (Wildman–Crippen LogP) is 1.79. The number of benzene rings is 2. The number of nitrogen functional groups attached to an aromatic ring is 2. The molecule has 2 amide bonds. The van der Waals surface area contributed by atoms with Gasteiger partial charge in [-0.25, -0.2) is 11.3 Å². The van der Waals surface area contributed by atoms with E-state index in [0.29, 0.717) is 18.5 Å². The highest BCUT2D eigenvalue weighted by atomic mass is 16.2. The number of anilines is 1. The van der Waals surface area contributed by atoms with Crippen molar-refractivity contribution in [1.29, 1.82) is 0 Å². The van der Waals surface area contributed by atoms with Gasteiger partial charge < -0.3 is 5.73 Å². The molecule has 0 aliphatic heterocycles. The third-order valence-corrected chi connectivity index (χ3v) is 4.05. The summed E-state index contributed by atoms with van der Waals surface area (Å²) in [5.74, 6) is 4.41. The van der Waals surface area contributed by atoms with Crippen molar-refractivity contribution in [2.24, 2.45) is 5.84 Å². The number of hydrogen-bond donors (Lipinski definition) is 4. The monoisotopic (exact) mass is 343 g/mol. The van der Waals surface area contributed by atoms with E-state index < -0.39 is 5.91 Å². The summed E-state index contributed by atoms with van der Waals surface area (Å²) in [6, 6.07) is 9.01. The van der Waals surface area contributed by atoms with E-state index in [1.807, 2.05) is 25.1 Å². The van der Waals surface area contributed by atoms with Crippen LogP contribution in [0.4, 0.5) is 5.69 Å². The highest BCUT2D eigenvalue weighted by Gasteiger charge is 2.26. The van der Waals surface area contributed by atoms with Gasteiger partial charge in [0.15, 0.2) is 0 Å². The number of carbonyl (C=O) groups is 2. The molecule has 0 saturated heterocycles. The number of nitrogens with zero attached hydrogens (tertiary/aromatic N) is 1. The van der Waals surface area contributed by atoms with E-state index in [2.05, 4.69) is 17.8 Å². The summed E-state index contributed by atoms with van der Waals surface area (Å²) in [5, 5.41) is 2.96. The zero-order valence-electron chi connectivity index (χ0n) is 14.6. The highest BCUT2D eigenvalue weighted by Crippen LogP contribution is 2.28. The van der Waals surface area contributed by atoms with Crippen molar-refractivity contribution < 1.29 is 9.59 Å². The summed E-state index contributed by atoms with van der Waals surface area (Å²) in [6.45, 7) is 5.08. The third kappa shape index (κ3) is 3.89. The minimum atomic E-state index is -0.587. The first-order chi connectivity index (χ1) is 12.0. The van der Waals surface area contributed by atoms with Gasteiger partial charge in [0.25, 0.3) is 11.8 Å². The first-order valence-electron chi connectivity index (χ1n) is 8.42. The lowest BCUT2D eigenvalue weighted by molar-refractivity contribution is 0.0668. The number of amides is 2. The molecule has 0 saturated carbocycles. The second kappa shape index (κ2) is 8.46. The van der Waals surface area contributed by atoms with Crippen LogP contribution in [0.15, 0.2) is 30.3 Å². The molecule has 7 nitrogen and oxygen atoms in total. The molecule has 0 fully saturated rings. The van der Waals surface area contributed by atoms with Crippen molar-refractivity contribution in [1.82, 2.24) is 15.9 Å². The molecule has 0 heterocycles. The Morgan fingerprint density at radius 2 is 1.88 bits per heavy atom. The number of nitrogens with two attached hydrogens (primary N) is 2. The van der Waals surface area contributed by atoms with Gasteiger partial charge in [0.05, 0.1) is 11.1 Å². The van der Waals surface area contributed by atoms with Crippen LogP contribution >= 0.6 is 0 Å². The van der Waals surface area contributed by atoms with Gasteiger partial charge in [0.2, 0.25) is 0 Å². The van der Waals surface area contributed by atoms with Gasteiger partial charge >= 0.3 is 0 Å². The number of hydrogen-bond acceptors (Lipinski definition) is 5. The second-order valence-corrected chi connectivity index (χ2v) is 5.72. The fraction of sp³-hybridized carbons (Fsp3) is 0.333. The summed E-state index contributed by atoms with van der Waals surface area (Å²) >= 11 is 0. The van der Waals surface area contributed by atoms with Crippen molar-refractivity contribution in [3.05, 3.63) is 41.5 Å². The normalized spacial score (nSPS) is 10.7. The fourth-order valence-electron chi connectivity index (χ4n) is 2.76. The smallest absolute Gasteiger partial charge is 0.269 e. The standard InChI is InChI=1S/C18H25N5O2/c1-3-5-10-21-23(4-2)18(25)15-13-9-7-6-8-12(13)11-14(19)16(15)17(24)22-20/h6-9,11,21H,3-5,10,19-20H2,1-2H3,(H,22,24). The van der Waals surface area contributed by atoms with E-state index >= 15 is 0 Å². The number of unbranched alkanes of at least 4 members (excludes halogenated alkanes) is 1. The lowest BCUT2D eigenvalue weighted by Gasteiger charge is -2.24. The van der Waals surface area contributed by atoms with Crippen molar-refractivity contribution in [3.63, 3.8) is 0 Å². The first-order valence-corrected chi connectivity index (χ1v) is 8.42. The van der Waals surface area contributed by atoms with Gasteiger partial charge in [-0.2, -0.15) is 0 Å². The van der Waals surface area contributed by atoms with Crippen molar-refractivity contribution in [2.75, 3.05) is 18.8 Å². The van der Waals surface area contributed by atoms with E-state index in [1.54, 1.807) is 12.1 Å². The summed E-state index contributed by atoms with van der Waals surface area (Å²) in [6.07, 6.45) is 1.96. The maximum absolute atomic E-state index is 13.2.